The van der Waals surface area contributed by atoms with Gasteiger partial charge in [-0.15, -0.1) is 0 Å². The summed E-state index contributed by atoms with van der Waals surface area (Å²) in [5.41, 5.74) is 1.08. The first-order valence-corrected chi connectivity index (χ1v) is 10.5. The Morgan fingerprint density at radius 2 is 1.32 bits per heavy atom. The van der Waals surface area contributed by atoms with Gasteiger partial charge in [0.05, 0.1) is 0 Å². The predicted molar refractivity (Wildman–Crippen MR) is 113 cm³/mol. The Hall–Kier alpha value is -3.47. The van der Waals surface area contributed by atoms with Crippen LogP contribution >= 0.6 is 0 Å². The van der Waals surface area contributed by atoms with Gasteiger partial charge in [0.1, 0.15) is 24.6 Å². The first-order chi connectivity index (χ1) is 15.9. The molecule has 186 valence electrons. The minimum absolute atomic E-state index is 0.124. The van der Waals surface area contributed by atoms with Gasteiger partial charge in [-0.25, -0.2) is 0 Å². The van der Waals surface area contributed by atoms with E-state index in [1.54, 1.807) is 25.1 Å². The second-order valence-electron chi connectivity index (χ2n) is 7.75. The van der Waals surface area contributed by atoms with E-state index in [-0.39, 0.29) is 12.4 Å². The summed E-state index contributed by atoms with van der Waals surface area (Å²) < 4.78 is 32.8. The van der Waals surface area contributed by atoms with Crippen molar-refractivity contribution in [1.82, 2.24) is 0 Å². The van der Waals surface area contributed by atoms with Crippen LogP contribution in [0.4, 0.5) is 0 Å². The molecule has 1 fully saturated rings. The largest absolute Gasteiger partial charge is 0.463 e. The lowest BCUT2D eigenvalue weighted by Crippen LogP contribution is -2.59. The van der Waals surface area contributed by atoms with Crippen LogP contribution < -0.4 is 4.74 Å². The molecule has 0 saturated carbocycles. The van der Waals surface area contributed by atoms with E-state index in [4.69, 9.17) is 28.4 Å². The quantitative estimate of drug-likeness (QED) is 0.320. The maximum Gasteiger partial charge on any atom is 0.308 e. The standard InChI is InChI=1S/C23H28O11/c1-11-7-8-18(30-13(3)25)17(9-11)20-22(32-15(5)27)23(33-16(6)28)21(31-14(4)26)19(34-20)10-29-12(2)24/h7-9,19-23H,10H2,1-6H3/t19?,20?,21-,22+,23?/m1/s1. The van der Waals surface area contributed by atoms with Crippen molar-refractivity contribution in [2.75, 3.05) is 6.61 Å². The van der Waals surface area contributed by atoms with Crippen LogP contribution in [-0.2, 0) is 47.7 Å². The fourth-order valence-corrected chi connectivity index (χ4v) is 3.62. The van der Waals surface area contributed by atoms with E-state index in [1.165, 1.54) is 13.8 Å². The minimum atomic E-state index is -1.32. The Bertz CT molecular complexity index is 954. The Labute approximate surface area is 196 Å². The van der Waals surface area contributed by atoms with E-state index in [0.29, 0.717) is 5.56 Å². The van der Waals surface area contributed by atoms with Gasteiger partial charge in [0.15, 0.2) is 18.3 Å². The lowest BCUT2D eigenvalue weighted by atomic mass is 9.89. The van der Waals surface area contributed by atoms with Crippen molar-refractivity contribution >= 4 is 29.8 Å². The fraction of sp³-hybridized carbons (Fsp3) is 0.522. The summed E-state index contributed by atoms with van der Waals surface area (Å²) in [7, 11) is 0. The molecule has 1 aliphatic rings. The monoisotopic (exact) mass is 480 g/mol. The number of benzene rings is 1. The highest BCUT2D eigenvalue weighted by molar-refractivity contribution is 5.70. The molecule has 0 aliphatic carbocycles. The maximum absolute atomic E-state index is 12.0. The predicted octanol–water partition coefficient (Wildman–Crippen LogP) is 1.72. The molecule has 3 unspecified atom stereocenters. The van der Waals surface area contributed by atoms with Crippen molar-refractivity contribution < 1.29 is 52.4 Å². The van der Waals surface area contributed by atoms with Crippen LogP contribution in [0.15, 0.2) is 18.2 Å². The van der Waals surface area contributed by atoms with Crippen molar-refractivity contribution in [2.45, 2.75) is 72.1 Å². The second kappa shape index (κ2) is 11.6. The normalized spacial score (nSPS) is 23.9. The summed E-state index contributed by atoms with van der Waals surface area (Å²) in [6, 6.07) is 4.90. The van der Waals surface area contributed by atoms with Crippen LogP contribution in [-0.4, -0.2) is 60.9 Å². The Morgan fingerprint density at radius 3 is 1.85 bits per heavy atom. The molecule has 11 nitrogen and oxygen atoms in total. The van der Waals surface area contributed by atoms with Gasteiger partial charge < -0.3 is 28.4 Å². The molecule has 1 saturated heterocycles. The van der Waals surface area contributed by atoms with Gasteiger partial charge in [-0.2, -0.15) is 0 Å². The number of aryl methyl sites for hydroxylation is 1. The molecule has 0 amide bonds. The third-order valence-electron chi connectivity index (χ3n) is 4.72. The lowest BCUT2D eigenvalue weighted by molar-refractivity contribution is -0.254. The summed E-state index contributed by atoms with van der Waals surface area (Å²) in [5.74, 6) is -3.29. The molecule has 5 atom stereocenters. The number of hydrogen-bond acceptors (Lipinski definition) is 11. The highest BCUT2D eigenvalue weighted by Gasteiger charge is 2.53. The van der Waals surface area contributed by atoms with Crippen molar-refractivity contribution in [3.63, 3.8) is 0 Å². The summed E-state index contributed by atoms with van der Waals surface area (Å²) >= 11 is 0. The fourth-order valence-electron chi connectivity index (χ4n) is 3.62. The van der Waals surface area contributed by atoms with E-state index in [1.807, 2.05) is 0 Å². The summed E-state index contributed by atoms with van der Waals surface area (Å²) in [4.78, 5) is 58.9. The zero-order valence-corrected chi connectivity index (χ0v) is 19.8. The topological polar surface area (TPSA) is 141 Å². The third-order valence-corrected chi connectivity index (χ3v) is 4.72. The smallest absolute Gasteiger partial charge is 0.308 e. The molecule has 1 aromatic carbocycles. The summed E-state index contributed by atoms with van der Waals surface area (Å²) in [5, 5.41) is 0. The van der Waals surface area contributed by atoms with E-state index in [0.717, 1.165) is 26.3 Å². The van der Waals surface area contributed by atoms with Gasteiger partial charge in [0.25, 0.3) is 0 Å². The average Bonchev–Trinajstić information content (AvgIpc) is 2.69. The van der Waals surface area contributed by atoms with E-state index >= 15 is 0 Å². The van der Waals surface area contributed by atoms with Crippen LogP contribution in [0.2, 0.25) is 0 Å². The van der Waals surface area contributed by atoms with Gasteiger partial charge in [-0.05, 0) is 19.1 Å². The number of rotatable bonds is 7. The zero-order chi connectivity index (χ0) is 25.6. The van der Waals surface area contributed by atoms with Crippen LogP contribution in [0, 0.1) is 6.92 Å². The van der Waals surface area contributed by atoms with Crippen LogP contribution in [0.1, 0.15) is 51.8 Å². The van der Waals surface area contributed by atoms with Gasteiger partial charge in [-0.3, -0.25) is 24.0 Å². The van der Waals surface area contributed by atoms with Crippen LogP contribution in [0.3, 0.4) is 0 Å². The van der Waals surface area contributed by atoms with E-state index < -0.39 is 60.4 Å². The molecule has 0 N–H and O–H groups in total. The average molecular weight is 480 g/mol. The van der Waals surface area contributed by atoms with Crippen LogP contribution in [0.25, 0.3) is 0 Å². The Balaban J connectivity index is 2.67. The zero-order valence-electron chi connectivity index (χ0n) is 19.8. The van der Waals surface area contributed by atoms with Crippen molar-refractivity contribution in [3.8, 4) is 5.75 Å². The van der Waals surface area contributed by atoms with Gasteiger partial charge >= 0.3 is 29.8 Å². The number of esters is 5. The first-order valence-electron chi connectivity index (χ1n) is 10.5. The first kappa shape index (κ1) is 26.8. The molecular formula is C23H28O11. The molecule has 11 heteroatoms. The second-order valence-corrected chi connectivity index (χ2v) is 7.75. The molecule has 0 aromatic heterocycles. The van der Waals surface area contributed by atoms with Crippen molar-refractivity contribution in [1.29, 1.82) is 0 Å². The van der Waals surface area contributed by atoms with Crippen molar-refractivity contribution in [2.24, 2.45) is 0 Å². The van der Waals surface area contributed by atoms with Crippen LogP contribution in [0.5, 0.6) is 5.75 Å². The van der Waals surface area contributed by atoms with E-state index in [9.17, 15) is 24.0 Å². The molecule has 0 spiro atoms. The van der Waals surface area contributed by atoms with E-state index in [2.05, 4.69) is 0 Å². The SMILES string of the molecule is CC(=O)OCC1OC(c2cc(C)ccc2OC(C)=O)[C@H](OC(C)=O)C(OC(C)=O)[C@@H]1OC(C)=O. The number of hydrogen-bond donors (Lipinski definition) is 0. The molecule has 1 heterocycles. The third kappa shape index (κ3) is 7.27. The van der Waals surface area contributed by atoms with Crippen molar-refractivity contribution in [3.05, 3.63) is 29.3 Å². The minimum Gasteiger partial charge on any atom is -0.463 e. The van der Waals surface area contributed by atoms with Gasteiger partial charge in [0, 0.05) is 40.2 Å². The summed E-state index contributed by atoms with van der Waals surface area (Å²) in [6.45, 7) is 7.26. The molecule has 2 rings (SSSR count). The number of ether oxygens (including phenoxy) is 6. The molecule has 1 aromatic rings. The lowest BCUT2D eigenvalue weighted by Gasteiger charge is -2.44. The molecule has 1 aliphatic heterocycles. The molecular weight excluding hydrogens is 452 g/mol. The maximum atomic E-state index is 12.0. The van der Waals surface area contributed by atoms with Gasteiger partial charge in [0.2, 0.25) is 0 Å². The number of carbonyl (C=O) groups excluding carboxylic acids is 5. The number of carbonyl (C=O) groups is 5. The molecule has 0 radical (unpaired) electrons. The van der Waals surface area contributed by atoms with Gasteiger partial charge in [-0.1, -0.05) is 11.6 Å². The highest BCUT2D eigenvalue weighted by atomic mass is 16.7. The molecule has 0 bridgehead atoms. The summed E-state index contributed by atoms with van der Waals surface area (Å²) in [6.07, 6.45) is -6.15. The molecule has 34 heavy (non-hydrogen) atoms. The highest BCUT2D eigenvalue weighted by Crippen LogP contribution is 2.41. The Morgan fingerprint density at radius 1 is 0.765 bits per heavy atom. The Kier molecular flexibility index (Phi) is 9.13.